The molecule has 0 aliphatic heterocycles. The maximum absolute atomic E-state index is 10.9. The van der Waals surface area contributed by atoms with Crippen LogP contribution in [0.15, 0.2) is 0 Å². The minimum absolute atomic E-state index is 0.228. The lowest BCUT2D eigenvalue weighted by Crippen LogP contribution is -2.32. The fourth-order valence-electron chi connectivity index (χ4n) is 2.14. The van der Waals surface area contributed by atoms with Gasteiger partial charge in [0, 0.05) is 6.54 Å². The predicted molar refractivity (Wildman–Crippen MR) is 60.0 cm³/mol. The van der Waals surface area contributed by atoms with Crippen LogP contribution in [0.5, 0.6) is 0 Å². The minimum atomic E-state index is -3.05. The second-order valence-corrected chi connectivity index (χ2v) is 6.48. The third kappa shape index (κ3) is 4.95. The predicted octanol–water partition coefficient (Wildman–Crippen LogP) is 0.723. The molecule has 1 unspecified atom stereocenters. The fourth-order valence-corrected chi connectivity index (χ4v) is 2.68. The van der Waals surface area contributed by atoms with Gasteiger partial charge < -0.3 is 5.11 Å². The maximum Gasteiger partial charge on any atom is 0.208 e. The summed E-state index contributed by atoms with van der Waals surface area (Å²) >= 11 is 0. The summed E-state index contributed by atoms with van der Waals surface area (Å²) in [5, 5.41) is 9.41. The SMILES string of the molecule is CC(O)C1CCC(CNS(C)(=O)=O)CC1. The number of aliphatic hydroxyl groups excluding tert-OH is 1. The van der Waals surface area contributed by atoms with Crippen molar-refractivity contribution < 1.29 is 13.5 Å². The number of hydrogen-bond donors (Lipinski definition) is 2. The maximum atomic E-state index is 10.9. The molecule has 5 heteroatoms. The van der Waals surface area contributed by atoms with Crippen LogP contribution in [-0.4, -0.2) is 32.4 Å². The lowest BCUT2D eigenvalue weighted by molar-refractivity contribution is 0.0891. The van der Waals surface area contributed by atoms with Crippen LogP contribution in [0.1, 0.15) is 32.6 Å². The van der Waals surface area contributed by atoms with Crippen molar-refractivity contribution in [2.24, 2.45) is 11.8 Å². The molecule has 90 valence electrons. The molecule has 1 rings (SSSR count). The molecule has 4 nitrogen and oxygen atoms in total. The van der Waals surface area contributed by atoms with E-state index in [-0.39, 0.29) is 6.10 Å². The Bertz CT molecular complexity index is 279. The molecule has 0 heterocycles. The first-order chi connectivity index (χ1) is 6.88. The lowest BCUT2D eigenvalue weighted by atomic mass is 9.80. The highest BCUT2D eigenvalue weighted by atomic mass is 32.2. The Hall–Kier alpha value is -0.130. The Morgan fingerprint density at radius 3 is 2.27 bits per heavy atom. The van der Waals surface area contributed by atoms with Crippen molar-refractivity contribution in [3.63, 3.8) is 0 Å². The number of hydrogen-bond acceptors (Lipinski definition) is 3. The summed E-state index contributed by atoms with van der Waals surface area (Å²) in [6.45, 7) is 2.38. The van der Waals surface area contributed by atoms with E-state index in [1.807, 2.05) is 6.92 Å². The van der Waals surface area contributed by atoms with Gasteiger partial charge in [-0.25, -0.2) is 13.1 Å². The zero-order valence-electron chi connectivity index (χ0n) is 9.44. The van der Waals surface area contributed by atoms with E-state index in [4.69, 9.17) is 0 Å². The van der Waals surface area contributed by atoms with Crippen LogP contribution in [0, 0.1) is 11.8 Å². The van der Waals surface area contributed by atoms with E-state index in [9.17, 15) is 13.5 Å². The summed E-state index contributed by atoms with van der Waals surface area (Å²) < 4.78 is 24.3. The molecule has 1 atom stereocenters. The van der Waals surface area contributed by atoms with Crippen molar-refractivity contribution >= 4 is 10.0 Å². The van der Waals surface area contributed by atoms with Crippen LogP contribution in [0.3, 0.4) is 0 Å². The topological polar surface area (TPSA) is 66.4 Å². The molecule has 1 saturated carbocycles. The van der Waals surface area contributed by atoms with Crippen molar-refractivity contribution in [2.75, 3.05) is 12.8 Å². The third-order valence-electron chi connectivity index (χ3n) is 3.21. The lowest BCUT2D eigenvalue weighted by Gasteiger charge is -2.30. The second-order valence-electron chi connectivity index (χ2n) is 4.64. The molecule has 0 aromatic carbocycles. The van der Waals surface area contributed by atoms with Crippen LogP contribution in [0.2, 0.25) is 0 Å². The molecule has 1 aliphatic rings. The van der Waals surface area contributed by atoms with Crippen LogP contribution in [-0.2, 0) is 10.0 Å². The molecule has 0 aromatic rings. The third-order valence-corrected chi connectivity index (χ3v) is 3.90. The van der Waals surface area contributed by atoms with E-state index in [2.05, 4.69) is 4.72 Å². The Balaban J connectivity index is 2.26. The van der Waals surface area contributed by atoms with Crippen molar-refractivity contribution in [1.29, 1.82) is 0 Å². The van der Waals surface area contributed by atoms with Gasteiger partial charge in [0.15, 0.2) is 0 Å². The Morgan fingerprint density at radius 2 is 1.87 bits per heavy atom. The molecule has 1 aliphatic carbocycles. The normalized spacial score (nSPS) is 30.1. The highest BCUT2D eigenvalue weighted by Crippen LogP contribution is 2.30. The van der Waals surface area contributed by atoms with Crippen molar-refractivity contribution in [3.05, 3.63) is 0 Å². The minimum Gasteiger partial charge on any atom is -0.393 e. The number of aliphatic hydroxyl groups is 1. The van der Waals surface area contributed by atoms with E-state index in [0.29, 0.717) is 18.4 Å². The zero-order valence-corrected chi connectivity index (χ0v) is 10.3. The van der Waals surface area contributed by atoms with Gasteiger partial charge in [0.05, 0.1) is 12.4 Å². The summed E-state index contributed by atoms with van der Waals surface area (Å²) in [4.78, 5) is 0. The smallest absolute Gasteiger partial charge is 0.208 e. The van der Waals surface area contributed by atoms with Gasteiger partial charge in [-0.05, 0) is 44.4 Å². The Labute approximate surface area is 92.1 Å². The van der Waals surface area contributed by atoms with Gasteiger partial charge in [0.2, 0.25) is 10.0 Å². The van der Waals surface area contributed by atoms with E-state index in [0.717, 1.165) is 25.7 Å². The fraction of sp³-hybridized carbons (Fsp3) is 1.00. The van der Waals surface area contributed by atoms with Crippen LogP contribution in [0.25, 0.3) is 0 Å². The number of sulfonamides is 1. The van der Waals surface area contributed by atoms with Gasteiger partial charge in [-0.15, -0.1) is 0 Å². The Morgan fingerprint density at radius 1 is 1.33 bits per heavy atom. The summed E-state index contributed by atoms with van der Waals surface area (Å²) in [7, 11) is -3.05. The first-order valence-corrected chi connectivity index (χ1v) is 7.40. The molecule has 0 radical (unpaired) electrons. The summed E-state index contributed by atoms with van der Waals surface area (Å²) in [6, 6.07) is 0. The first kappa shape index (κ1) is 12.9. The Kier molecular flexibility index (Phi) is 4.55. The van der Waals surface area contributed by atoms with Gasteiger partial charge in [-0.1, -0.05) is 0 Å². The van der Waals surface area contributed by atoms with Crippen LogP contribution < -0.4 is 4.72 Å². The highest BCUT2D eigenvalue weighted by Gasteiger charge is 2.24. The highest BCUT2D eigenvalue weighted by molar-refractivity contribution is 7.88. The molecular formula is C10H21NO3S. The summed E-state index contributed by atoms with van der Waals surface area (Å²) in [5.41, 5.74) is 0. The largest absolute Gasteiger partial charge is 0.393 e. The van der Waals surface area contributed by atoms with Crippen LogP contribution >= 0.6 is 0 Å². The van der Waals surface area contributed by atoms with E-state index in [1.54, 1.807) is 0 Å². The van der Waals surface area contributed by atoms with Gasteiger partial charge in [0.1, 0.15) is 0 Å². The average molecular weight is 235 g/mol. The monoisotopic (exact) mass is 235 g/mol. The molecule has 0 bridgehead atoms. The van der Waals surface area contributed by atoms with E-state index >= 15 is 0 Å². The first-order valence-electron chi connectivity index (χ1n) is 5.51. The molecule has 15 heavy (non-hydrogen) atoms. The number of rotatable bonds is 4. The van der Waals surface area contributed by atoms with Gasteiger partial charge >= 0.3 is 0 Å². The van der Waals surface area contributed by atoms with Gasteiger partial charge in [0.25, 0.3) is 0 Å². The second kappa shape index (κ2) is 5.27. The van der Waals surface area contributed by atoms with Gasteiger partial charge in [-0.3, -0.25) is 0 Å². The molecule has 0 saturated heterocycles. The quantitative estimate of drug-likeness (QED) is 0.754. The average Bonchev–Trinajstić information content (AvgIpc) is 2.14. The van der Waals surface area contributed by atoms with E-state index < -0.39 is 10.0 Å². The molecule has 1 fully saturated rings. The molecule has 0 aromatic heterocycles. The van der Waals surface area contributed by atoms with Crippen LogP contribution in [0.4, 0.5) is 0 Å². The van der Waals surface area contributed by atoms with Crippen molar-refractivity contribution in [1.82, 2.24) is 4.72 Å². The molecule has 0 amide bonds. The van der Waals surface area contributed by atoms with Crippen molar-refractivity contribution in [3.8, 4) is 0 Å². The standard InChI is InChI=1S/C10H21NO3S/c1-8(12)10-5-3-9(4-6-10)7-11-15(2,13)14/h8-12H,3-7H2,1-2H3. The van der Waals surface area contributed by atoms with Gasteiger partial charge in [-0.2, -0.15) is 0 Å². The molecule has 0 spiro atoms. The number of nitrogens with one attached hydrogen (secondary N) is 1. The zero-order chi connectivity index (χ0) is 11.5. The summed E-state index contributed by atoms with van der Waals surface area (Å²) in [5.74, 6) is 0.842. The molecular weight excluding hydrogens is 214 g/mol. The summed E-state index contributed by atoms with van der Waals surface area (Å²) in [6.07, 6.45) is 5.00. The van der Waals surface area contributed by atoms with E-state index in [1.165, 1.54) is 6.26 Å². The molecule has 2 N–H and O–H groups in total. The van der Waals surface area contributed by atoms with Crippen molar-refractivity contribution in [2.45, 2.75) is 38.7 Å².